The molecule has 1 aliphatic rings. The minimum atomic E-state index is -0.101. The van der Waals surface area contributed by atoms with Crippen molar-refractivity contribution in [1.29, 1.82) is 0 Å². The van der Waals surface area contributed by atoms with Crippen LogP contribution in [0.2, 0.25) is 0 Å². The van der Waals surface area contributed by atoms with E-state index in [4.69, 9.17) is 4.74 Å². The molecule has 2 aromatic rings. The van der Waals surface area contributed by atoms with Crippen molar-refractivity contribution in [3.63, 3.8) is 0 Å². The highest BCUT2D eigenvalue weighted by Gasteiger charge is 2.32. The molecule has 6 heteroatoms. The molecule has 0 amide bonds. The van der Waals surface area contributed by atoms with Crippen molar-refractivity contribution in [1.82, 2.24) is 9.88 Å². The molecule has 1 unspecified atom stereocenters. The van der Waals surface area contributed by atoms with E-state index in [-0.39, 0.29) is 12.0 Å². The first-order valence-corrected chi connectivity index (χ1v) is 8.98. The number of aromatic nitrogens is 1. The molecule has 0 saturated carbocycles. The molecule has 0 radical (unpaired) electrons. The number of thiazole rings is 1. The highest BCUT2D eigenvalue weighted by Crippen LogP contribution is 2.27. The van der Waals surface area contributed by atoms with Crippen LogP contribution >= 0.6 is 22.7 Å². The Balaban J connectivity index is 1.67. The zero-order valence-corrected chi connectivity index (χ0v) is 13.6. The summed E-state index contributed by atoms with van der Waals surface area (Å²) >= 11 is 3.34. The molecule has 2 aromatic heterocycles. The second kappa shape index (κ2) is 6.68. The average Bonchev–Trinajstić information content (AvgIpc) is 3.20. The Bertz CT molecular complexity index is 595. The van der Waals surface area contributed by atoms with E-state index in [1.807, 2.05) is 6.92 Å². The lowest BCUT2D eigenvalue weighted by Crippen LogP contribution is -2.36. The molecular formula is C15H18N2O2S2. The number of rotatable bonds is 5. The molecule has 3 heterocycles. The highest BCUT2D eigenvalue weighted by atomic mass is 32.1. The van der Waals surface area contributed by atoms with Crippen molar-refractivity contribution in [3.05, 3.63) is 27.9 Å². The minimum Gasteiger partial charge on any atom is -0.465 e. The smallest absolute Gasteiger partial charge is 0.323 e. The van der Waals surface area contributed by atoms with Gasteiger partial charge in [-0.1, -0.05) is 0 Å². The number of carbonyl (C=O) groups excluding carboxylic acids is 1. The lowest BCUT2D eigenvalue weighted by Gasteiger charge is -2.21. The highest BCUT2D eigenvalue weighted by molar-refractivity contribution is 7.14. The van der Waals surface area contributed by atoms with Gasteiger partial charge >= 0.3 is 5.97 Å². The summed E-state index contributed by atoms with van der Waals surface area (Å²) in [5.74, 6) is -0.0942. The van der Waals surface area contributed by atoms with Gasteiger partial charge in [0.15, 0.2) is 0 Å². The van der Waals surface area contributed by atoms with Gasteiger partial charge in [0.25, 0.3) is 0 Å². The topological polar surface area (TPSA) is 42.4 Å². The van der Waals surface area contributed by atoms with E-state index in [9.17, 15) is 4.79 Å². The number of likely N-dealkylation sites (tertiary alicyclic amines) is 1. The van der Waals surface area contributed by atoms with Crippen molar-refractivity contribution in [3.8, 4) is 10.6 Å². The second-order valence-corrected chi connectivity index (χ2v) is 6.67. The molecular weight excluding hydrogens is 304 g/mol. The van der Waals surface area contributed by atoms with Crippen LogP contribution in [0, 0.1) is 0 Å². The van der Waals surface area contributed by atoms with Gasteiger partial charge < -0.3 is 4.74 Å². The summed E-state index contributed by atoms with van der Waals surface area (Å²) in [6.45, 7) is 3.96. The molecule has 112 valence electrons. The van der Waals surface area contributed by atoms with E-state index < -0.39 is 0 Å². The van der Waals surface area contributed by atoms with Crippen LogP contribution in [0.1, 0.15) is 25.5 Å². The van der Waals surface area contributed by atoms with Crippen LogP contribution in [0.15, 0.2) is 22.2 Å². The van der Waals surface area contributed by atoms with Gasteiger partial charge in [-0.3, -0.25) is 9.69 Å². The van der Waals surface area contributed by atoms with Gasteiger partial charge in [0.05, 0.1) is 12.3 Å². The molecule has 0 spiro atoms. The third kappa shape index (κ3) is 3.33. The summed E-state index contributed by atoms with van der Waals surface area (Å²) in [6, 6.07) is 1.99. The van der Waals surface area contributed by atoms with Crippen molar-refractivity contribution < 1.29 is 9.53 Å². The first-order valence-electron chi connectivity index (χ1n) is 7.15. The molecule has 1 fully saturated rings. The van der Waals surface area contributed by atoms with Gasteiger partial charge in [-0.05, 0) is 37.8 Å². The summed E-state index contributed by atoms with van der Waals surface area (Å²) < 4.78 is 5.16. The van der Waals surface area contributed by atoms with Gasteiger partial charge in [-0.15, -0.1) is 11.3 Å². The Morgan fingerprint density at radius 3 is 3.19 bits per heavy atom. The summed E-state index contributed by atoms with van der Waals surface area (Å²) in [6.07, 6.45) is 1.94. The van der Waals surface area contributed by atoms with Crippen LogP contribution in [-0.2, 0) is 16.1 Å². The number of carbonyl (C=O) groups is 1. The Labute approximate surface area is 132 Å². The molecule has 0 aromatic carbocycles. The minimum absolute atomic E-state index is 0.0942. The molecule has 0 aliphatic carbocycles. The fourth-order valence-electron chi connectivity index (χ4n) is 2.63. The van der Waals surface area contributed by atoms with E-state index in [2.05, 4.69) is 32.1 Å². The van der Waals surface area contributed by atoms with Gasteiger partial charge in [0.1, 0.15) is 11.0 Å². The molecule has 1 atom stereocenters. The largest absolute Gasteiger partial charge is 0.465 e. The molecule has 1 saturated heterocycles. The molecule has 0 bridgehead atoms. The van der Waals surface area contributed by atoms with E-state index >= 15 is 0 Å². The van der Waals surface area contributed by atoms with E-state index in [0.717, 1.165) is 36.6 Å². The lowest BCUT2D eigenvalue weighted by molar-refractivity contribution is -0.148. The van der Waals surface area contributed by atoms with Crippen molar-refractivity contribution >= 4 is 28.6 Å². The van der Waals surface area contributed by atoms with Crippen LogP contribution in [0.5, 0.6) is 0 Å². The second-order valence-electron chi connectivity index (χ2n) is 5.04. The average molecular weight is 322 g/mol. The normalized spacial score (nSPS) is 19.0. The molecule has 1 aliphatic heterocycles. The van der Waals surface area contributed by atoms with E-state index in [1.165, 1.54) is 5.56 Å². The first kappa shape index (κ1) is 14.7. The first-order chi connectivity index (χ1) is 10.3. The fraction of sp³-hybridized carbons (Fsp3) is 0.467. The standard InChI is InChI=1S/C15H18N2O2S2/c1-2-19-15(18)13-4-3-6-17(13)8-12-10-21-14(16-12)11-5-7-20-9-11/h5,7,9-10,13H,2-4,6,8H2,1H3. The maximum Gasteiger partial charge on any atom is 0.323 e. The maximum absolute atomic E-state index is 12.0. The third-order valence-electron chi connectivity index (χ3n) is 3.61. The Kier molecular flexibility index (Phi) is 4.67. The Hall–Kier alpha value is -1.24. The van der Waals surface area contributed by atoms with Gasteiger partial charge in [-0.25, -0.2) is 4.98 Å². The van der Waals surface area contributed by atoms with Crippen LogP contribution in [0.4, 0.5) is 0 Å². The van der Waals surface area contributed by atoms with Gasteiger partial charge in [0, 0.05) is 22.9 Å². The summed E-state index contributed by atoms with van der Waals surface area (Å²) in [5.41, 5.74) is 2.22. The molecule has 0 N–H and O–H groups in total. The van der Waals surface area contributed by atoms with Gasteiger partial charge in [-0.2, -0.15) is 11.3 Å². The predicted molar refractivity (Wildman–Crippen MR) is 85.5 cm³/mol. The zero-order valence-electron chi connectivity index (χ0n) is 11.9. The fourth-order valence-corrected chi connectivity index (χ4v) is 4.15. The van der Waals surface area contributed by atoms with Gasteiger partial charge in [0.2, 0.25) is 0 Å². The lowest BCUT2D eigenvalue weighted by atomic mass is 10.2. The van der Waals surface area contributed by atoms with Crippen LogP contribution in [-0.4, -0.2) is 35.0 Å². The van der Waals surface area contributed by atoms with E-state index in [1.54, 1.807) is 22.7 Å². The third-order valence-corrected chi connectivity index (χ3v) is 5.23. The Morgan fingerprint density at radius 2 is 2.43 bits per heavy atom. The molecule has 4 nitrogen and oxygen atoms in total. The molecule has 3 rings (SSSR count). The summed E-state index contributed by atoms with van der Waals surface area (Å²) in [4.78, 5) is 18.8. The quantitative estimate of drug-likeness (QED) is 0.791. The zero-order chi connectivity index (χ0) is 14.7. The number of hydrogen-bond acceptors (Lipinski definition) is 6. The van der Waals surface area contributed by atoms with Crippen LogP contribution in [0.25, 0.3) is 10.6 Å². The monoisotopic (exact) mass is 322 g/mol. The van der Waals surface area contributed by atoms with Crippen molar-refractivity contribution in [2.45, 2.75) is 32.4 Å². The predicted octanol–water partition coefficient (Wildman–Crippen LogP) is 3.40. The number of thiophene rings is 1. The number of esters is 1. The summed E-state index contributed by atoms with van der Waals surface area (Å²) in [7, 11) is 0. The number of nitrogens with zero attached hydrogens (tertiary/aromatic N) is 2. The number of ether oxygens (including phenoxy) is 1. The van der Waals surface area contributed by atoms with Crippen molar-refractivity contribution in [2.24, 2.45) is 0 Å². The SMILES string of the molecule is CCOC(=O)C1CCCN1Cc1csc(-c2ccsc2)n1. The number of hydrogen-bond donors (Lipinski definition) is 0. The van der Waals surface area contributed by atoms with E-state index in [0.29, 0.717) is 6.61 Å². The molecule has 21 heavy (non-hydrogen) atoms. The van der Waals surface area contributed by atoms with Crippen LogP contribution < -0.4 is 0 Å². The maximum atomic E-state index is 12.0. The Morgan fingerprint density at radius 1 is 1.52 bits per heavy atom. The van der Waals surface area contributed by atoms with Crippen LogP contribution in [0.3, 0.4) is 0 Å². The van der Waals surface area contributed by atoms with Crippen molar-refractivity contribution in [2.75, 3.05) is 13.2 Å². The summed E-state index contributed by atoms with van der Waals surface area (Å²) in [5, 5.41) is 7.32.